The van der Waals surface area contributed by atoms with Crippen molar-refractivity contribution in [1.29, 1.82) is 0 Å². The van der Waals surface area contributed by atoms with Gasteiger partial charge in [0.15, 0.2) is 0 Å². The summed E-state index contributed by atoms with van der Waals surface area (Å²) in [7, 11) is 0. The number of nitrogens with zero attached hydrogens (tertiary/aromatic N) is 3. The zero-order chi connectivity index (χ0) is 21.4. The topological polar surface area (TPSA) is 45.2 Å². The molecule has 3 rings (SSSR count). The highest BCUT2D eigenvalue weighted by atomic mass is 16.6. The maximum atomic E-state index is 12.4. The molecule has 2 aliphatic heterocycles. The molecule has 1 aromatic carbocycles. The maximum Gasteiger partial charge on any atom is 0.410 e. The lowest BCUT2D eigenvalue weighted by Crippen LogP contribution is -2.48. The molecule has 168 valence electrons. The Morgan fingerprint density at radius 2 is 1.67 bits per heavy atom. The van der Waals surface area contributed by atoms with Gasteiger partial charge in [0, 0.05) is 45.8 Å². The summed E-state index contributed by atoms with van der Waals surface area (Å²) >= 11 is 0. The van der Waals surface area contributed by atoms with Gasteiger partial charge in [-0.1, -0.05) is 18.2 Å². The molecular formula is C24H39N3O3. The number of ether oxygens (including phenoxy) is 2. The van der Waals surface area contributed by atoms with Gasteiger partial charge in [-0.15, -0.1) is 0 Å². The third-order valence-corrected chi connectivity index (χ3v) is 5.91. The molecule has 2 saturated heterocycles. The Labute approximate surface area is 182 Å². The molecule has 0 N–H and O–H groups in total. The molecule has 2 aliphatic rings. The fourth-order valence-electron chi connectivity index (χ4n) is 4.20. The molecule has 0 aliphatic carbocycles. The number of para-hydroxylation sites is 1. The third kappa shape index (κ3) is 7.80. The first kappa shape index (κ1) is 22.9. The fraction of sp³-hybridized carbons (Fsp3) is 0.708. The number of carbonyl (C=O) groups excluding carboxylic acids is 1. The second-order valence-electron chi connectivity index (χ2n) is 9.57. The Hall–Kier alpha value is -1.79. The van der Waals surface area contributed by atoms with Gasteiger partial charge in [-0.25, -0.2) is 4.79 Å². The lowest BCUT2D eigenvalue weighted by atomic mass is 9.94. The number of likely N-dealkylation sites (tertiary alicyclic amines) is 1. The first-order valence-corrected chi connectivity index (χ1v) is 11.5. The van der Waals surface area contributed by atoms with Crippen LogP contribution < -0.4 is 4.74 Å². The highest BCUT2D eigenvalue weighted by Gasteiger charge is 2.28. The van der Waals surface area contributed by atoms with E-state index in [-0.39, 0.29) is 6.09 Å². The fourth-order valence-corrected chi connectivity index (χ4v) is 4.20. The summed E-state index contributed by atoms with van der Waals surface area (Å²) in [6.45, 7) is 14.8. The lowest BCUT2D eigenvalue weighted by Gasteiger charge is -2.37. The number of piperidine rings is 1. The van der Waals surface area contributed by atoms with Crippen LogP contribution in [0.3, 0.4) is 0 Å². The van der Waals surface area contributed by atoms with E-state index in [1.54, 1.807) is 0 Å². The molecule has 0 spiro atoms. The summed E-state index contributed by atoms with van der Waals surface area (Å²) in [5, 5.41) is 0. The predicted molar refractivity (Wildman–Crippen MR) is 120 cm³/mol. The number of rotatable bonds is 7. The van der Waals surface area contributed by atoms with Crippen LogP contribution in [0.2, 0.25) is 0 Å². The molecule has 2 heterocycles. The Morgan fingerprint density at radius 3 is 2.33 bits per heavy atom. The molecule has 0 aromatic heterocycles. The van der Waals surface area contributed by atoms with Crippen molar-refractivity contribution >= 4 is 6.09 Å². The molecule has 2 fully saturated rings. The first-order chi connectivity index (χ1) is 14.4. The number of piperazine rings is 1. The second kappa shape index (κ2) is 11.0. The molecule has 1 aromatic rings. The average molecular weight is 418 g/mol. The van der Waals surface area contributed by atoms with Crippen LogP contribution in [-0.2, 0) is 4.74 Å². The zero-order valence-corrected chi connectivity index (χ0v) is 19.0. The van der Waals surface area contributed by atoms with Gasteiger partial charge in [0.2, 0.25) is 0 Å². The first-order valence-electron chi connectivity index (χ1n) is 11.5. The van der Waals surface area contributed by atoms with Crippen molar-refractivity contribution in [2.75, 3.05) is 59.0 Å². The molecule has 0 unspecified atom stereocenters. The number of benzene rings is 1. The Kier molecular flexibility index (Phi) is 8.40. The van der Waals surface area contributed by atoms with Crippen molar-refractivity contribution in [2.24, 2.45) is 5.92 Å². The van der Waals surface area contributed by atoms with Crippen LogP contribution in [0.15, 0.2) is 30.3 Å². The Balaban J connectivity index is 1.30. The molecule has 6 nitrogen and oxygen atoms in total. The van der Waals surface area contributed by atoms with Crippen LogP contribution in [0.25, 0.3) is 0 Å². The molecule has 0 saturated carbocycles. The minimum absolute atomic E-state index is 0.154. The average Bonchev–Trinajstić information content (AvgIpc) is 2.73. The van der Waals surface area contributed by atoms with E-state index in [1.165, 1.54) is 6.42 Å². The highest BCUT2D eigenvalue weighted by molar-refractivity contribution is 5.68. The van der Waals surface area contributed by atoms with E-state index >= 15 is 0 Å². The smallest absolute Gasteiger partial charge is 0.410 e. The molecule has 0 bridgehead atoms. The number of amides is 1. The normalized spacial score (nSPS) is 21.4. The van der Waals surface area contributed by atoms with Crippen LogP contribution >= 0.6 is 0 Å². The second-order valence-corrected chi connectivity index (χ2v) is 9.57. The monoisotopic (exact) mass is 417 g/mol. The van der Waals surface area contributed by atoms with E-state index < -0.39 is 5.60 Å². The van der Waals surface area contributed by atoms with Crippen molar-refractivity contribution in [2.45, 2.75) is 45.6 Å². The summed E-state index contributed by atoms with van der Waals surface area (Å²) in [4.78, 5) is 19.3. The number of hydrogen-bond donors (Lipinski definition) is 0. The van der Waals surface area contributed by atoms with Crippen molar-refractivity contribution in [3.8, 4) is 5.75 Å². The van der Waals surface area contributed by atoms with E-state index in [0.717, 1.165) is 77.6 Å². The van der Waals surface area contributed by atoms with Gasteiger partial charge >= 0.3 is 6.09 Å². The minimum atomic E-state index is -0.421. The van der Waals surface area contributed by atoms with Crippen molar-refractivity contribution in [3.05, 3.63) is 30.3 Å². The number of carbonyl (C=O) groups is 1. The molecule has 30 heavy (non-hydrogen) atoms. The van der Waals surface area contributed by atoms with Gasteiger partial charge in [0.05, 0.1) is 0 Å². The molecule has 1 atom stereocenters. The van der Waals surface area contributed by atoms with Crippen LogP contribution in [0.5, 0.6) is 5.75 Å². The van der Waals surface area contributed by atoms with Gasteiger partial charge in [-0.3, -0.25) is 4.90 Å². The summed E-state index contributed by atoms with van der Waals surface area (Å²) in [6, 6.07) is 10.0. The van der Waals surface area contributed by atoms with E-state index in [9.17, 15) is 4.79 Å². The van der Waals surface area contributed by atoms with Crippen LogP contribution in [-0.4, -0.2) is 85.4 Å². The standard InChI is InChI=1S/C24H39N3O3/c1-24(2,3)30-23(28)27-12-7-8-21(20-27)11-13-25-14-16-26(17-15-25)18-19-29-22-9-5-4-6-10-22/h4-6,9-10,21H,7-8,11-20H2,1-3H3/t21-/m0/s1. The van der Waals surface area contributed by atoms with Gasteiger partial charge in [-0.05, 0) is 64.6 Å². The number of hydrogen-bond acceptors (Lipinski definition) is 5. The largest absolute Gasteiger partial charge is 0.492 e. The van der Waals surface area contributed by atoms with Gasteiger partial charge in [0.25, 0.3) is 0 Å². The van der Waals surface area contributed by atoms with Gasteiger partial charge < -0.3 is 19.3 Å². The summed E-state index contributed by atoms with van der Waals surface area (Å²) in [5.74, 6) is 1.53. The molecule has 6 heteroatoms. The molecular weight excluding hydrogens is 378 g/mol. The Morgan fingerprint density at radius 1 is 1.00 bits per heavy atom. The zero-order valence-electron chi connectivity index (χ0n) is 19.0. The molecule has 0 radical (unpaired) electrons. The SMILES string of the molecule is CC(C)(C)OC(=O)N1CCC[C@@H](CCN2CCN(CCOc3ccccc3)CC2)C1. The molecule has 1 amide bonds. The van der Waals surface area contributed by atoms with E-state index in [1.807, 2.05) is 56.0 Å². The van der Waals surface area contributed by atoms with Gasteiger partial charge in [0.1, 0.15) is 18.0 Å². The minimum Gasteiger partial charge on any atom is -0.492 e. The lowest BCUT2D eigenvalue weighted by molar-refractivity contribution is 0.0152. The van der Waals surface area contributed by atoms with E-state index in [0.29, 0.717) is 5.92 Å². The van der Waals surface area contributed by atoms with Crippen molar-refractivity contribution < 1.29 is 14.3 Å². The van der Waals surface area contributed by atoms with Crippen LogP contribution in [0, 0.1) is 5.92 Å². The Bertz CT molecular complexity index is 639. The van der Waals surface area contributed by atoms with Crippen LogP contribution in [0.4, 0.5) is 4.79 Å². The summed E-state index contributed by atoms with van der Waals surface area (Å²) in [5.41, 5.74) is -0.421. The van der Waals surface area contributed by atoms with Crippen molar-refractivity contribution in [3.63, 3.8) is 0 Å². The van der Waals surface area contributed by atoms with Crippen LogP contribution in [0.1, 0.15) is 40.0 Å². The van der Waals surface area contributed by atoms with E-state index in [4.69, 9.17) is 9.47 Å². The summed E-state index contributed by atoms with van der Waals surface area (Å²) in [6.07, 6.45) is 3.31. The van der Waals surface area contributed by atoms with E-state index in [2.05, 4.69) is 9.80 Å². The maximum absolute atomic E-state index is 12.4. The van der Waals surface area contributed by atoms with Gasteiger partial charge in [-0.2, -0.15) is 0 Å². The quantitative estimate of drug-likeness (QED) is 0.677. The third-order valence-electron chi connectivity index (χ3n) is 5.91. The highest BCUT2D eigenvalue weighted by Crippen LogP contribution is 2.22. The van der Waals surface area contributed by atoms with Crippen molar-refractivity contribution in [1.82, 2.24) is 14.7 Å². The predicted octanol–water partition coefficient (Wildman–Crippen LogP) is 3.72. The summed E-state index contributed by atoms with van der Waals surface area (Å²) < 4.78 is 11.4.